The highest BCUT2D eigenvalue weighted by Gasteiger charge is 2.24. The number of aromatic amines is 1. The van der Waals surface area contributed by atoms with Gasteiger partial charge in [-0.05, 0) is 35.9 Å². The molecular formula is C23H21N7O3. The van der Waals surface area contributed by atoms with Gasteiger partial charge in [-0.25, -0.2) is 14.8 Å². The monoisotopic (exact) mass is 443 g/mol. The number of benzene rings is 1. The Kier molecular flexibility index (Phi) is 5.39. The smallest absolute Gasteiger partial charge is 0.329 e. The molecule has 5 rings (SSSR count). The van der Waals surface area contributed by atoms with E-state index in [4.69, 9.17) is 0 Å². The summed E-state index contributed by atoms with van der Waals surface area (Å²) in [6.07, 6.45) is 4.97. The number of anilines is 1. The minimum Gasteiger partial charge on any atom is -0.337 e. The third-order valence-corrected chi connectivity index (χ3v) is 5.69. The second-order valence-electron chi connectivity index (χ2n) is 7.74. The maximum Gasteiger partial charge on any atom is 0.329 e. The molecule has 0 spiro atoms. The van der Waals surface area contributed by atoms with Crippen LogP contribution in [0.2, 0.25) is 0 Å². The van der Waals surface area contributed by atoms with Crippen LogP contribution in [0.3, 0.4) is 0 Å². The Balaban J connectivity index is 1.34. The first-order chi connectivity index (χ1) is 16.1. The Morgan fingerprint density at radius 1 is 0.909 bits per heavy atom. The van der Waals surface area contributed by atoms with Gasteiger partial charge in [-0.1, -0.05) is 12.1 Å². The van der Waals surface area contributed by atoms with Gasteiger partial charge in [0, 0.05) is 44.8 Å². The number of amides is 1. The molecule has 1 aromatic carbocycles. The number of fused-ring (bicyclic) bond motifs is 1. The van der Waals surface area contributed by atoms with Gasteiger partial charge in [0.05, 0.1) is 17.4 Å². The van der Waals surface area contributed by atoms with Gasteiger partial charge in [-0.2, -0.15) is 0 Å². The van der Waals surface area contributed by atoms with Gasteiger partial charge in [0.2, 0.25) is 5.95 Å². The molecule has 0 atom stereocenters. The molecule has 1 amide bonds. The summed E-state index contributed by atoms with van der Waals surface area (Å²) in [4.78, 5) is 56.6. The first-order valence-corrected chi connectivity index (χ1v) is 10.6. The Bertz CT molecular complexity index is 1420. The van der Waals surface area contributed by atoms with Gasteiger partial charge in [-0.3, -0.25) is 24.1 Å². The molecule has 4 aromatic rings. The lowest BCUT2D eigenvalue weighted by Crippen LogP contribution is -2.49. The van der Waals surface area contributed by atoms with E-state index in [1.54, 1.807) is 66.0 Å². The Morgan fingerprint density at radius 3 is 2.45 bits per heavy atom. The first kappa shape index (κ1) is 20.6. The molecule has 0 unspecified atom stereocenters. The first-order valence-electron chi connectivity index (χ1n) is 10.6. The van der Waals surface area contributed by atoms with Crippen molar-refractivity contribution in [2.75, 3.05) is 31.1 Å². The number of H-pyrrole nitrogens is 1. The summed E-state index contributed by atoms with van der Waals surface area (Å²) in [5.41, 5.74) is 0.679. The fraction of sp³-hybridized carbons (Fsp3) is 0.217. The van der Waals surface area contributed by atoms with Crippen LogP contribution >= 0.6 is 0 Å². The summed E-state index contributed by atoms with van der Waals surface area (Å²) >= 11 is 0. The normalized spacial score (nSPS) is 13.9. The molecule has 0 aliphatic carbocycles. The van der Waals surface area contributed by atoms with E-state index in [1.807, 2.05) is 4.90 Å². The molecule has 0 bridgehead atoms. The van der Waals surface area contributed by atoms with Gasteiger partial charge in [-0.15, -0.1) is 0 Å². The summed E-state index contributed by atoms with van der Waals surface area (Å²) in [6.45, 7) is 2.54. The number of para-hydroxylation sites is 1. The van der Waals surface area contributed by atoms with E-state index in [0.717, 1.165) is 5.56 Å². The highest BCUT2D eigenvalue weighted by Crippen LogP contribution is 2.14. The minimum atomic E-state index is -0.498. The van der Waals surface area contributed by atoms with Gasteiger partial charge < -0.3 is 9.80 Å². The second kappa shape index (κ2) is 8.65. The fourth-order valence-corrected chi connectivity index (χ4v) is 4.00. The Hall–Kier alpha value is -4.34. The molecule has 1 N–H and O–H groups in total. The third-order valence-electron chi connectivity index (χ3n) is 5.69. The van der Waals surface area contributed by atoms with Crippen molar-refractivity contribution in [2.24, 2.45) is 0 Å². The van der Waals surface area contributed by atoms with E-state index in [9.17, 15) is 14.4 Å². The van der Waals surface area contributed by atoms with Crippen molar-refractivity contribution in [3.8, 4) is 0 Å². The number of aromatic nitrogens is 5. The third kappa shape index (κ3) is 4.10. The zero-order valence-corrected chi connectivity index (χ0v) is 17.7. The maximum atomic E-state index is 13.1. The zero-order valence-electron chi connectivity index (χ0n) is 17.7. The molecule has 1 saturated heterocycles. The summed E-state index contributed by atoms with van der Waals surface area (Å²) in [5, 5.41) is 0.433. The summed E-state index contributed by atoms with van der Waals surface area (Å²) in [7, 11) is 0. The molecule has 3 aromatic heterocycles. The van der Waals surface area contributed by atoms with Gasteiger partial charge in [0.15, 0.2) is 0 Å². The van der Waals surface area contributed by atoms with E-state index in [2.05, 4.69) is 19.9 Å². The van der Waals surface area contributed by atoms with E-state index >= 15 is 0 Å². The number of nitrogens with one attached hydrogen (secondary N) is 1. The Morgan fingerprint density at radius 2 is 1.67 bits per heavy atom. The molecule has 0 saturated carbocycles. The number of hydrogen-bond acceptors (Lipinski definition) is 7. The lowest BCUT2D eigenvalue weighted by atomic mass is 10.2. The molecule has 4 heterocycles. The Labute approximate surface area is 188 Å². The molecule has 10 heteroatoms. The molecule has 166 valence electrons. The predicted octanol–water partition coefficient (Wildman–Crippen LogP) is 0.885. The van der Waals surface area contributed by atoms with Crippen LogP contribution < -0.4 is 16.1 Å². The van der Waals surface area contributed by atoms with E-state index in [-0.39, 0.29) is 12.5 Å². The number of carbonyl (C=O) groups excluding carboxylic acids is 1. The number of carbonyl (C=O) groups is 1. The second-order valence-corrected chi connectivity index (χ2v) is 7.74. The van der Waals surface area contributed by atoms with Crippen LogP contribution in [-0.4, -0.2) is 61.5 Å². The van der Waals surface area contributed by atoms with Crippen LogP contribution in [0, 0.1) is 0 Å². The van der Waals surface area contributed by atoms with Crippen molar-refractivity contribution < 1.29 is 4.79 Å². The lowest BCUT2D eigenvalue weighted by molar-refractivity contribution is 0.0740. The SMILES string of the molecule is O=C(c1cc(Cn2c(=O)[nH]c(=O)c3ccccc32)ccn1)N1CCN(c2ncccn2)CC1. The van der Waals surface area contributed by atoms with E-state index in [1.165, 1.54) is 4.57 Å². The van der Waals surface area contributed by atoms with E-state index in [0.29, 0.717) is 48.7 Å². The quantitative estimate of drug-likeness (QED) is 0.498. The fourth-order valence-electron chi connectivity index (χ4n) is 4.00. The highest BCUT2D eigenvalue weighted by molar-refractivity contribution is 5.92. The predicted molar refractivity (Wildman–Crippen MR) is 122 cm³/mol. The van der Waals surface area contributed by atoms with Crippen molar-refractivity contribution in [3.05, 3.63) is 93.2 Å². The van der Waals surface area contributed by atoms with Crippen molar-refractivity contribution >= 4 is 22.8 Å². The molecule has 0 radical (unpaired) electrons. The average Bonchev–Trinajstić information content (AvgIpc) is 2.87. The van der Waals surface area contributed by atoms with Crippen LogP contribution in [0.5, 0.6) is 0 Å². The summed E-state index contributed by atoms with van der Waals surface area (Å²) in [5.74, 6) is 0.493. The van der Waals surface area contributed by atoms with Crippen LogP contribution in [0.1, 0.15) is 16.1 Å². The van der Waals surface area contributed by atoms with Crippen LogP contribution in [0.25, 0.3) is 10.9 Å². The van der Waals surface area contributed by atoms with Crippen LogP contribution in [0.4, 0.5) is 5.95 Å². The highest BCUT2D eigenvalue weighted by atomic mass is 16.2. The summed E-state index contributed by atoms with van der Waals surface area (Å²) < 4.78 is 1.49. The molecule has 1 aliphatic rings. The number of nitrogens with zero attached hydrogens (tertiary/aromatic N) is 6. The molecular weight excluding hydrogens is 422 g/mol. The molecule has 1 aliphatic heterocycles. The van der Waals surface area contributed by atoms with Gasteiger partial charge in [0.25, 0.3) is 11.5 Å². The van der Waals surface area contributed by atoms with Gasteiger partial charge in [0.1, 0.15) is 5.69 Å². The lowest BCUT2D eigenvalue weighted by Gasteiger charge is -2.34. The molecule has 33 heavy (non-hydrogen) atoms. The molecule has 1 fully saturated rings. The largest absolute Gasteiger partial charge is 0.337 e. The van der Waals surface area contributed by atoms with Crippen molar-refractivity contribution in [3.63, 3.8) is 0 Å². The number of hydrogen-bond donors (Lipinski definition) is 1. The molecule has 10 nitrogen and oxygen atoms in total. The number of piperazine rings is 1. The summed E-state index contributed by atoms with van der Waals surface area (Å²) in [6, 6.07) is 12.2. The van der Waals surface area contributed by atoms with Crippen molar-refractivity contribution in [1.29, 1.82) is 0 Å². The van der Waals surface area contributed by atoms with Crippen molar-refractivity contribution in [2.45, 2.75) is 6.54 Å². The topological polar surface area (TPSA) is 117 Å². The zero-order chi connectivity index (χ0) is 22.8. The van der Waals surface area contributed by atoms with Crippen LogP contribution in [0.15, 0.2) is 70.6 Å². The standard InChI is InChI=1S/C23H21N7O3/c31-20-17-4-1-2-5-19(17)30(23(33)27-20)15-16-6-9-24-18(14-16)21(32)28-10-12-29(13-11-28)22-25-7-3-8-26-22/h1-9,14H,10-13,15H2,(H,27,31,33). The van der Waals surface area contributed by atoms with E-state index < -0.39 is 11.2 Å². The maximum absolute atomic E-state index is 13.1. The van der Waals surface area contributed by atoms with Gasteiger partial charge >= 0.3 is 5.69 Å². The number of pyridine rings is 1. The minimum absolute atomic E-state index is 0.163. The van der Waals surface area contributed by atoms with Crippen molar-refractivity contribution in [1.82, 2.24) is 29.4 Å². The number of rotatable bonds is 4. The van der Waals surface area contributed by atoms with Crippen LogP contribution in [-0.2, 0) is 6.54 Å². The average molecular weight is 443 g/mol.